The van der Waals surface area contributed by atoms with Crippen LogP contribution in [0.2, 0.25) is 26.2 Å². The van der Waals surface area contributed by atoms with Gasteiger partial charge in [-0.05, 0) is 0 Å². The van der Waals surface area contributed by atoms with E-state index in [2.05, 4.69) is 106 Å². The van der Waals surface area contributed by atoms with Crippen LogP contribution in [-0.4, -0.2) is 11.0 Å². The predicted molar refractivity (Wildman–Crippen MR) is 180 cm³/mol. The topological polar surface area (TPSA) is 0 Å². The second kappa shape index (κ2) is 16.1. The summed E-state index contributed by atoms with van der Waals surface area (Å²) in [5, 5.41) is 0. The molecule has 0 amide bonds. The Morgan fingerprint density at radius 3 is 0.711 bits per heavy atom. The SMILES string of the molecule is Br.Br.CC1=CC[C]([Hf]([C]2=C(C)C(C)=CC2)=[Si](C)C)=C1C.CC1=CC[C]([Hf]([C]2=C(C)C(C)=CC2)=[Si](C)C)=C1C. The van der Waals surface area contributed by atoms with E-state index in [1.807, 2.05) is 13.3 Å². The van der Waals surface area contributed by atoms with Gasteiger partial charge < -0.3 is 0 Å². The van der Waals surface area contributed by atoms with Crippen LogP contribution in [0.25, 0.3) is 0 Å². The Bertz CT molecular complexity index is 1120. The van der Waals surface area contributed by atoms with Crippen molar-refractivity contribution in [1.29, 1.82) is 0 Å². The van der Waals surface area contributed by atoms with E-state index in [0.717, 1.165) is 0 Å². The summed E-state index contributed by atoms with van der Waals surface area (Å²) in [6, 6.07) is 0. The molecule has 0 nitrogen and oxygen atoms in total. The van der Waals surface area contributed by atoms with Gasteiger partial charge in [0, 0.05) is 0 Å². The van der Waals surface area contributed by atoms with Gasteiger partial charge in [0.05, 0.1) is 0 Å². The number of hydrogen-bond donors (Lipinski definition) is 0. The molecule has 0 bridgehead atoms. The molecule has 4 rings (SSSR count). The van der Waals surface area contributed by atoms with Crippen LogP contribution in [0.1, 0.15) is 81.1 Å². The van der Waals surface area contributed by atoms with E-state index in [4.69, 9.17) is 0 Å². The zero-order valence-electron chi connectivity index (χ0n) is 26.0. The van der Waals surface area contributed by atoms with E-state index in [-0.39, 0.29) is 45.0 Å². The van der Waals surface area contributed by atoms with Gasteiger partial charge >= 0.3 is 241 Å². The van der Waals surface area contributed by atoms with E-state index < -0.39 is 40.1 Å². The Kier molecular flexibility index (Phi) is 15.7. The van der Waals surface area contributed by atoms with Crippen LogP contribution in [0.4, 0.5) is 0 Å². The molecular formula is C32H50Br2Hf2Si2. The van der Waals surface area contributed by atoms with Gasteiger partial charge in [-0.1, -0.05) is 0 Å². The molecule has 0 unspecified atom stereocenters. The molecule has 0 atom stereocenters. The molecule has 6 heteroatoms. The standard InChI is InChI=1S/4C7H9.2C2H6Si.2BrH.2Hf/c4*1-6-4-3-5-7(6)2;2*1-3-2;;;;/h4*4H,3H2,1-2H3;2*1-2H3;2*1H;;. The third kappa shape index (κ3) is 8.11. The van der Waals surface area contributed by atoms with Crippen molar-refractivity contribution in [3.63, 3.8) is 0 Å². The molecule has 0 saturated heterocycles. The molecule has 0 aliphatic heterocycles. The van der Waals surface area contributed by atoms with Crippen LogP contribution in [-0.2, 0) is 40.1 Å². The Labute approximate surface area is 271 Å². The fourth-order valence-electron chi connectivity index (χ4n) is 5.93. The van der Waals surface area contributed by atoms with Gasteiger partial charge in [-0.15, -0.1) is 34.0 Å². The van der Waals surface area contributed by atoms with Gasteiger partial charge in [0.15, 0.2) is 0 Å². The summed E-state index contributed by atoms with van der Waals surface area (Å²) in [7, 11) is 0. The minimum atomic E-state index is -1.70. The Hall–Kier alpha value is 1.05. The van der Waals surface area contributed by atoms with Crippen molar-refractivity contribution in [3.05, 3.63) is 82.2 Å². The van der Waals surface area contributed by atoms with Crippen molar-refractivity contribution in [2.45, 2.75) is 107 Å². The number of halogens is 2. The molecule has 38 heavy (non-hydrogen) atoms. The van der Waals surface area contributed by atoms with Crippen molar-refractivity contribution >= 4 is 45.0 Å². The maximum absolute atomic E-state index is 2.56. The second-order valence-electron chi connectivity index (χ2n) is 11.5. The fraction of sp³-hybridized carbons (Fsp3) is 0.500. The summed E-state index contributed by atoms with van der Waals surface area (Å²) in [4.78, 5) is 0. The molecule has 0 N–H and O–H groups in total. The van der Waals surface area contributed by atoms with Gasteiger partial charge in [0.25, 0.3) is 0 Å². The van der Waals surface area contributed by atoms with Crippen LogP contribution >= 0.6 is 34.0 Å². The molecule has 0 heterocycles. The van der Waals surface area contributed by atoms with Crippen molar-refractivity contribution < 1.29 is 40.1 Å². The maximum atomic E-state index is 2.56. The minimum absolute atomic E-state index is 0. The summed E-state index contributed by atoms with van der Waals surface area (Å²) >= 11 is -3.40. The zero-order valence-corrected chi connectivity index (χ0v) is 38.6. The average molecular weight is 1010 g/mol. The van der Waals surface area contributed by atoms with Crippen molar-refractivity contribution in [2.75, 3.05) is 0 Å². The molecule has 0 aromatic rings. The first-order chi connectivity index (χ1) is 16.9. The second-order valence-corrected chi connectivity index (χ2v) is 59.3. The van der Waals surface area contributed by atoms with Gasteiger partial charge in [-0.3, -0.25) is 0 Å². The first-order valence-electron chi connectivity index (χ1n) is 13.7. The van der Waals surface area contributed by atoms with Gasteiger partial charge in [0.1, 0.15) is 0 Å². The van der Waals surface area contributed by atoms with Crippen molar-refractivity contribution in [3.8, 4) is 0 Å². The van der Waals surface area contributed by atoms with Crippen LogP contribution in [0.5, 0.6) is 0 Å². The van der Waals surface area contributed by atoms with Gasteiger partial charge in [-0.2, -0.15) is 0 Å². The van der Waals surface area contributed by atoms with Crippen LogP contribution < -0.4 is 0 Å². The predicted octanol–water partition coefficient (Wildman–Crippen LogP) is 11.4. The third-order valence-corrected chi connectivity index (χ3v) is 59.3. The Morgan fingerprint density at radius 1 is 0.421 bits per heavy atom. The van der Waals surface area contributed by atoms with Crippen molar-refractivity contribution in [2.24, 2.45) is 0 Å². The molecule has 0 aromatic carbocycles. The summed E-state index contributed by atoms with van der Waals surface area (Å²) in [6.45, 7) is 28.9. The monoisotopic (exact) mass is 1010 g/mol. The average Bonchev–Trinajstić information content (AvgIpc) is 3.53. The molecule has 208 valence electrons. The van der Waals surface area contributed by atoms with E-state index in [1.54, 1.807) is 44.6 Å². The van der Waals surface area contributed by atoms with Gasteiger partial charge in [0.2, 0.25) is 0 Å². The molecule has 0 radical (unpaired) electrons. The number of rotatable bonds is 4. The molecule has 0 fully saturated rings. The Morgan fingerprint density at radius 2 is 0.605 bits per heavy atom. The summed E-state index contributed by atoms with van der Waals surface area (Å²) < 4.78 is 7.70. The molecule has 4 aliphatic rings. The quantitative estimate of drug-likeness (QED) is 0.246. The van der Waals surface area contributed by atoms with Gasteiger partial charge in [-0.25, -0.2) is 0 Å². The first kappa shape index (κ1) is 37.1. The molecule has 0 saturated carbocycles. The van der Waals surface area contributed by atoms with Crippen LogP contribution in [0, 0.1) is 0 Å². The molecule has 4 aliphatic carbocycles. The van der Waals surface area contributed by atoms with Crippen LogP contribution in [0.15, 0.2) is 82.2 Å². The van der Waals surface area contributed by atoms with E-state index in [0.29, 0.717) is 0 Å². The number of hydrogen-bond acceptors (Lipinski definition) is 0. The molecule has 0 spiro atoms. The van der Waals surface area contributed by atoms with Crippen LogP contribution in [0.3, 0.4) is 0 Å². The van der Waals surface area contributed by atoms with E-state index in [1.165, 1.54) is 25.7 Å². The third-order valence-electron chi connectivity index (χ3n) is 8.83. The zero-order chi connectivity index (χ0) is 26.9. The normalized spacial score (nSPS) is 18.4. The molecular weight excluding hydrogens is 957 g/mol. The van der Waals surface area contributed by atoms with E-state index >= 15 is 0 Å². The molecule has 0 aromatic heterocycles. The Balaban J connectivity index is 0.000000361. The first-order valence-corrected chi connectivity index (χ1v) is 36.7. The number of allylic oxidation sites excluding steroid dienone is 16. The summed E-state index contributed by atoms with van der Waals surface area (Å²) in [5.41, 5.74) is 12.6. The summed E-state index contributed by atoms with van der Waals surface area (Å²) in [6.07, 6.45) is 15.0. The summed E-state index contributed by atoms with van der Waals surface area (Å²) in [5.74, 6) is 0. The van der Waals surface area contributed by atoms with E-state index in [9.17, 15) is 0 Å². The van der Waals surface area contributed by atoms with Crippen molar-refractivity contribution in [1.82, 2.24) is 0 Å². The fourth-order valence-corrected chi connectivity index (χ4v) is 59.1.